The second-order valence-electron chi connectivity index (χ2n) is 8.54. The standard InChI is InChI=1S/C28H25ClN2O4S/c1-17-11-18(2)26(19(3)12-17)30-25(32)15-31-27(33)24(36-28(31)34)14-20-7-6-9-22(13-20)35-16-21-8-4-5-10-23(21)29/h4-14H,15-16H2,1-3H3,(H,30,32)/b24-14+. The summed E-state index contributed by atoms with van der Waals surface area (Å²) < 4.78 is 5.85. The van der Waals surface area contributed by atoms with Crippen LogP contribution < -0.4 is 10.1 Å². The van der Waals surface area contributed by atoms with Crippen molar-refractivity contribution < 1.29 is 19.1 Å². The fourth-order valence-electron chi connectivity index (χ4n) is 3.96. The number of benzene rings is 3. The summed E-state index contributed by atoms with van der Waals surface area (Å²) in [6.45, 7) is 5.75. The number of carbonyl (C=O) groups excluding carboxylic acids is 3. The van der Waals surface area contributed by atoms with Crippen molar-refractivity contribution in [2.75, 3.05) is 11.9 Å². The third kappa shape index (κ3) is 5.98. The van der Waals surface area contributed by atoms with Crippen LogP contribution in [0, 0.1) is 20.8 Å². The van der Waals surface area contributed by atoms with E-state index in [-0.39, 0.29) is 11.4 Å². The number of nitrogens with one attached hydrogen (secondary N) is 1. The molecule has 6 nitrogen and oxygen atoms in total. The third-order valence-corrected chi connectivity index (χ3v) is 6.90. The zero-order valence-electron chi connectivity index (χ0n) is 20.1. The molecule has 0 radical (unpaired) electrons. The second-order valence-corrected chi connectivity index (χ2v) is 9.94. The molecule has 3 aromatic carbocycles. The minimum absolute atomic E-state index is 0.249. The van der Waals surface area contributed by atoms with Gasteiger partial charge in [-0.2, -0.15) is 0 Å². The molecule has 0 atom stereocenters. The van der Waals surface area contributed by atoms with Gasteiger partial charge in [-0.1, -0.05) is 59.6 Å². The Hall–Kier alpha value is -3.55. The average molecular weight is 521 g/mol. The molecule has 1 aliphatic rings. The molecule has 1 saturated heterocycles. The SMILES string of the molecule is Cc1cc(C)c(NC(=O)CN2C(=O)S/C(=C/c3cccc(OCc4ccccc4Cl)c3)C2=O)c(C)c1. The number of nitrogens with zero attached hydrogens (tertiary/aromatic N) is 1. The van der Waals surface area contributed by atoms with Crippen molar-refractivity contribution >= 4 is 52.2 Å². The molecular formula is C28H25ClN2O4S. The summed E-state index contributed by atoms with van der Waals surface area (Å²) in [7, 11) is 0. The summed E-state index contributed by atoms with van der Waals surface area (Å²) in [5, 5.41) is 2.98. The minimum Gasteiger partial charge on any atom is -0.489 e. The number of ether oxygens (including phenoxy) is 1. The van der Waals surface area contributed by atoms with E-state index in [9.17, 15) is 14.4 Å². The first-order valence-electron chi connectivity index (χ1n) is 11.3. The summed E-state index contributed by atoms with van der Waals surface area (Å²) in [6.07, 6.45) is 1.62. The lowest BCUT2D eigenvalue weighted by molar-refractivity contribution is -0.127. The van der Waals surface area contributed by atoms with Crippen molar-refractivity contribution in [1.29, 1.82) is 0 Å². The fraction of sp³-hybridized carbons (Fsp3) is 0.179. The molecule has 8 heteroatoms. The Bertz CT molecular complexity index is 1360. The highest BCUT2D eigenvalue weighted by molar-refractivity contribution is 8.18. The van der Waals surface area contributed by atoms with Crippen LogP contribution in [-0.2, 0) is 16.2 Å². The van der Waals surface area contributed by atoms with E-state index in [1.54, 1.807) is 30.3 Å². The van der Waals surface area contributed by atoms with E-state index in [0.717, 1.165) is 38.9 Å². The number of amides is 3. The van der Waals surface area contributed by atoms with Crippen molar-refractivity contribution in [3.05, 3.63) is 98.4 Å². The van der Waals surface area contributed by atoms with E-state index >= 15 is 0 Å². The monoisotopic (exact) mass is 520 g/mol. The molecule has 1 heterocycles. The van der Waals surface area contributed by atoms with Crippen molar-refractivity contribution in [2.24, 2.45) is 0 Å². The van der Waals surface area contributed by atoms with Crippen LogP contribution in [0.15, 0.2) is 65.6 Å². The van der Waals surface area contributed by atoms with Gasteiger partial charge in [-0.15, -0.1) is 0 Å². The Kier molecular flexibility index (Phi) is 7.82. The van der Waals surface area contributed by atoms with Gasteiger partial charge < -0.3 is 10.1 Å². The van der Waals surface area contributed by atoms with Crippen LogP contribution >= 0.6 is 23.4 Å². The predicted octanol–water partition coefficient (Wildman–Crippen LogP) is 6.52. The first kappa shape index (κ1) is 25.5. The number of imide groups is 1. The zero-order chi connectivity index (χ0) is 25.8. The van der Waals surface area contributed by atoms with Crippen LogP contribution in [0.3, 0.4) is 0 Å². The molecule has 0 unspecified atom stereocenters. The Labute approximate surface area is 219 Å². The van der Waals surface area contributed by atoms with Gasteiger partial charge in [0.1, 0.15) is 18.9 Å². The molecule has 1 fully saturated rings. The summed E-state index contributed by atoms with van der Waals surface area (Å²) in [6, 6.07) is 18.6. The topological polar surface area (TPSA) is 75.7 Å². The molecule has 4 rings (SSSR count). The van der Waals surface area contributed by atoms with Crippen molar-refractivity contribution in [3.8, 4) is 5.75 Å². The Morgan fingerprint density at radius 2 is 1.75 bits per heavy atom. The highest BCUT2D eigenvalue weighted by atomic mass is 35.5. The van der Waals surface area contributed by atoms with Crippen molar-refractivity contribution in [3.63, 3.8) is 0 Å². The van der Waals surface area contributed by atoms with Gasteiger partial charge in [0.25, 0.3) is 11.1 Å². The van der Waals surface area contributed by atoms with Crippen molar-refractivity contribution in [2.45, 2.75) is 27.4 Å². The molecule has 0 bridgehead atoms. The van der Waals surface area contributed by atoms with Crippen LogP contribution in [-0.4, -0.2) is 28.5 Å². The van der Waals surface area contributed by atoms with Crippen LogP contribution in [0.1, 0.15) is 27.8 Å². The molecule has 3 aromatic rings. The van der Waals surface area contributed by atoms with Gasteiger partial charge in [0.15, 0.2) is 0 Å². The first-order valence-corrected chi connectivity index (χ1v) is 12.5. The number of carbonyl (C=O) groups is 3. The lowest BCUT2D eigenvalue weighted by atomic mass is 10.1. The molecule has 0 saturated carbocycles. The normalized spacial score (nSPS) is 14.4. The summed E-state index contributed by atoms with van der Waals surface area (Å²) in [5.74, 6) is -0.324. The smallest absolute Gasteiger partial charge is 0.294 e. The molecule has 0 aliphatic carbocycles. The molecule has 0 spiro atoms. The summed E-state index contributed by atoms with van der Waals surface area (Å²) in [4.78, 5) is 39.3. The van der Waals surface area contributed by atoms with E-state index < -0.39 is 17.1 Å². The maximum absolute atomic E-state index is 12.9. The highest BCUT2D eigenvalue weighted by Gasteiger charge is 2.36. The number of halogens is 1. The molecule has 36 heavy (non-hydrogen) atoms. The quantitative estimate of drug-likeness (QED) is 0.359. The lowest BCUT2D eigenvalue weighted by Crippen LogP contribution is -2.36. The molecule has 3 amide bonds. The summed E-state index contributed by atoms with van der Waals surface area (Å²) >= 11 is 7.00. The highest BCUT2D eigenvalue weighted by Crippen LogP contribution is 2.33. The lowest BCUT2D eigenvalue weighted by Gasteiger charge is -2.15. The van der Waals surface area contributed by atoms with E-state index in [4.69, 9.17) is 16.3 Å². The minimum atomic E-state index is -0.500. The van der Waals surface area contributed by atoms with Gasteiger partial charge in [-0.05, 0) is 73.5 Å². The maximum Gasteiger partial charge on any atom is 0.294 e. The average Bonchev–Trinajstić information content (AvgIpc) is 3.08. The van der Waals surface area contributed by atoms with Crippen LogP contribution in [0.25, 0.3) is 6.08 Å². The predicted molar refractivity (Wildman–Crippen MR) is 144 cm³/mol. The van der Waals surface area contributed by atoms with Gasteiger partial charge >= 0.3 is 0 Å². The number of hydrogen-bond donors (Lipinski definition) is 1. The molecular weight excluding hydrogens is 496 g/mol. The van der Waals surface area contributed by atoms with Crippen LogP contribution in [0.5, 0.6) is 5.75 Å². The van der Waals surface area contributed by atoms with E-state index in [1.807, 2.05) is 57.2 Å². The number of thioether (sulfide) groups is 1. The largest absolute Gasteiger partial charge is 0.489 e. The number of rotatable bonds is 7. The van der Waals surface area contributed by atoms with Crippen molar-refractivity contribution in [1.82, 2.24) is 4.90 Å². The molecule has 184 valence electrons. The molecule has 1 N–H and O–H groups in total. The van der Waals surface area contributed by atoms with Crippen LogP contribution in [0.4, 0.5) is 10.5 Å². The van der Waals surface area contributed by atoms with E-state index in [0.29, 0.717) is 28.6 Å². The number of anilines is 1. The maximum atomic E-state index is 12.9. The first-order chi connectivity index (χ1) is 17.2. The fourth-order valence-corrected chi connectivity index (χ4v) is 4.99. The van der Waals surface area contributed by atoms with Gasteiger partial charge in [-0.25, -0.2) is 0 Å². The second kappa shape index (κ2) is 11.0. The Morgan fingerprint density at radius 1 is 1.03 bits per heavy atom. The van der Waals surface area contributed by atoms with E-state index in [1.165, 1.54) is 0 Å². The van der Waals surface area contributed by atoms with Gasteiger partial charge in [-0.3, -0.25) is 19.3 Å². The Morgan fingerprint density at radius 3 is 2.47 bits per heavy atom. The molecule has 1 aliphatic heterocycles. The van der Waals surface area contributed by atoms with Gasteiger partial charge in [0, 0.05) is 16.3 Å². The van der Waals surface area contributed by atoms with Crippen LogP contribution in [0.2, 0.25) is 5.02 Å². The number of aryl methyl sites for hydroxylation is 3. The van der Waals surface area contributed by atoms with Gasteiger partial charge in [0.05, 0.1) is 4.91 Å². The zero-order valence-corrected chi connectivity index (χ0v) is 21.7. The summed E-state index contributed by atoms with van der Waals surface area (Å²) in [5.41, 5.74) is 5.20. The number of hydrogen-bond acceptors (Lipinski definition) is 5. The molecule has 0 aromatic heterocycles. The third-order valence-electron chi connectivity index (χ3n) is 5.62. The Balaban J connectivity index is 1.42. The van der Waals surface area contributed by atoms with E-state index in [2.05, 4.69) is 5.32 Å². The van der Waals surface area contributed by atoms with Gasteiger partial charge in [0.2, 0.25) is 5.91 Å².